The molecule has 0 aliphatic rings. The van der Waals surface area contributed by atoms with E-state index in [9.17, 15) is 19.1 Å². The highest BCUT2D eigenvalue weighted by Gasteiger charge is 2.23. The average Bonchev–Trinajstić information content (AvgIpc) is 2.68. The standard InChI is InChI=1S/C22H24FN3O4/c1-5-30-22(29)18-20(27)19-17(26(4)21(18)28)9-13(11-24-19)8-14-6-7-16(23)10-15(14)12-25(2)3/h6-7,9-11,27H,5,8,12H2,1-4H3. The van der Waals surface area contributed by atoms with Crippen LogP contribution in [0, 0.1) is 5.82 Å². The number of hydrogen-bond acceptors (Lipinski definition) is 6. The Labute approximate surface area is 173 Å². The van der Waals surface area contributed by atoms with E-state index in [1.54, 1.807) is 25.3 Å². The van der Waals surface area contributed by atoms with Crippen molar-refractivity contribution in [3.8, 4) is 5.75 Å². The summed E-state index contributed by atoms with van der Waals surface area (Å²) in [6.07, 6.45) is 2.05. The molecule has 0 aliphatic heterocycles. The topological polar surface area (TPSA) is 84.7 Å². The lowest BCUT2D eigenvalue weighted by Crippen LogP contribution is -2.26. The lowest BCUT2D eigenvalue weighted by atomic mass is 9.99. The fourth-order valence-corrected chi connectivity index (χ4v) is 3.39. The minimum Gasteiger partial charge on any atom is -0.505 e. The third-order valence-electron chi connectivity index (χ3n) is 4.79. The Morgan fingerprint density at radius 2 is 2.00 bits per heavy atom. The molecule has 0 bridgehead atoms. The van der Waals surface area contributed by atoms with Crippen molar-refractivity contribution in [3.05, 3.63) is 68.9 Å². The van der Waals surface area contributed by atoms with E-state index < -0.39 is 22.8 Å². The van der Waals surface area contributed by atoms with Gasteiger partial charge in [0.05, 0.1) is 12.1 Å². The Balaban J connectivity index is 2.07. The number of carbonyl (C=O) groups is 1. The zero-order valence-electron chi connectivity index (χ0n) is 17.4. The van der Waals surface area contributed by atoms with Gasteiger partial charge in [0.25, 0.3) is 5.56 Å². The third kappa shape index (κ3) is 4.18. The second-order valence-electron chi connectivity index (χ2n) is 7.35. The number of halogens is 1. The van der Waals surface area contributed by atoms with Gasteiger partial charge in [0.1, 0.15) is 11.3 Å². The average molecular weight is 413 g/mol. The molecule has 0 fully saturated rings. The molecule has 7 nitrogen and oxygen atoms in total. The lowest BCUT2D eigenvalue weighted by molar-refractivity contribution is 0.0520. The third-order valence-corrected chi connectivity index (χ3v) is 4.79. The van der Waals surface area contributed by atoms with Crippen molar-refractivity contribution in [2.75, 3.05) is 20.7 Å². The fraction of sp³-hybridized carbons (Fsp3) is 0.318. The number of esters is 1. The van der Waals surface area contributed by atoms with Crippen LogP contribution in [0.2, 0.25) is 0 Å². The van der Waals surface area contributed by atoms with Gasteiger partial charge in [-0.2, -0.15) is 0 Å². The Hall–Kier alpha value is -3.26. The smallest absolute Gasteiger partial charge is 0.347 e. The number of benzene rings is 1. The summed E-state index contributed by atoms with van der Waals surface area (Å²) in [6, 6.07) is 6.40. The molecule has 1 N–H and O–H groups in total. The molecule has 2 heterocycles. The largest absolute Gasteiger partial charge is 0.505 e. The summed E-state index contributed by atoms with van der Waals surface area (Å²) in [7, 11) is 5.32. The van der Waals surface area contributed by atoms with E-state index in [1.807, 2.05) is 19.0 Å². The summed E-state index contributed by atoms with van der Waals surface area (Å²) in [5, 5.41) is 10.5. The maximum Gasteiger partial charge on any atom is 0.347 e. The molecule has 3 aromatic rings. The number of rotatable bonds is 6. The molecule has 2 aromatic heterocycles. The van der Waals surface area contributed by atoms with E-state index in [0.717, 1.165) is 16.7 Å². The number of carbonyl (C=O) groups excluding carboxylic acids is 1. The highest BCUT2D eigenvalue weighted by molar-refractivity contribution is 5.98. The minimum absolute atomic E-state index is 0.0821. The van der Waals surface area contributed by atoms with Crippen molar-refractivity contribution in [2.45, 2.75) is 19.9 Å². The molecular formula is C22H24FN3O4. The molecule has 0 aliphatic carbocycles. The molecule has 0 unspecified atom stereocenters. The predicted molar refractivity (Wildman–Crippen MR) is 111 cm³/mol. The molecule has 0 spiro atoms. The number of aromatic hydroxyl groups is 1. The first-order chi connectivity index (χ1) is 14.2. The zero-order valence-corrected chi connectivity index (χ0v) is 17.4. The fourth-order valence-electron chi connectivity index (χ4n) is 3.39. The van der Waals surface area contributed by atoms with E-state index in [2.05, 4.69) is 4.98 Å². The quantitative estimate of drug-likeness (QED) is 0.626. The van der Waals surface area contributed by atoms with Gasteiger partial charge in [-0.05, 0) is 62.3 Å². The maximum atomic E-state index is 13.7. The van der Waals surface area contributed by atoms with Crippen molar-refractivity contribution in [2.24, 2.45) is 7.05 Å². The Morgan fingerprint density at radius 3 is 2.67 bits per heavy atom. The van der Waals surface area contributed by atoms with Crippen molar-refractivity contribution >= 4 is 17.0 Å². The number of fused-ring (bicyclic) bond motifs is 1. The van der Waals surface area contributed by atoms with Gasteiger partial charge in [-0.3, -0.25) is 9.78 Å². The van der Waals surface area contributed by atoms with Crippen LogP contribution >= 0.6 is 0 Å². The molecule has 8 heteroatoms. The molecule has 0 amide bonds. The Morgan fingerprint density at radius 1 is 1.27 bits per heavy atom. The van der Waals surface area contributed by atoms with Crippen molar-refractivity contribution < 1.29 is 19.0 Å². The van der Waals surface area contributed by atoms with Gasteiger partial charge in [-0.1, -0.05) is 6.07 Å². The van der Waals surface area contributed by atoms with Crippen LogP contribution in [-0.2, 0) is 24.8 Å². The summed E-state index contributed by atoms with van der Waals surface area (Å²) in [5.74, 6) is -1.68. The first-order valence-electron chi connectivity index (χ1n) is 9.52. The monoisotopic (exact) mass is 413 g/mol. The van der Waals surface area contributed by atoms with Gasteiger partial charge in [0.2, 0.25) is 0 Å². The number of pyridine rings is 2. The van der Waals surface area contributed by atoms with Gasteiger partial charge < -0.3 is 19.3 Å². The van der Waals surface area contributed by atoms with Crippen molar-refractivity contribution in [1.82, 2.24) is 14.5 Å². The zero-order chi connectivity index (χ0) is 22.0. The van der Waals surface area contributed by atoms with E-state index in [4.69, 9.17) is 4.74 Å². The second-order valence-corrected chi connectivity index (χ2v) is 7.35. The van der Waals surface area contributed by atoms with Crippen molar-refractivity contribution in [1.29, 1.82) is 0 Å². The van der Waals surface area contributed by atoms with Gasteiger partial charge in [-0.25, -0.2) is 9.18 Å². The normalized spacial score (nSPS) is 11.3. The van der Waals surface area contributed by atoms with Crippen LogP contribution in [0.5, 0.6) is 5.75 Å². The van der Waals surface area contributed by atoms with Gasteiger partial charge in [-0.15, -0.1) is 0 Å². The number of aromatic nitrogens is 2. The molecule has 3 rings (SSSR count). The van der Waals surface area contributed by atoms with E-state index in [0.29, 0.717) is 18.5 Å². The maximum absolute atomic E-state index is 13.7. The first-order valence-corrected chi connectivity index (χ1v) is 9.52. The van der Waals surface area contributed by atoms with Crippen LogP contribution in [0.1, 0.15) is 34.0 Å². The molecule has 0 atom stereocenters. The first kappa shape index (κ1) is 21.4. The van der Waals surface area contributed by atoms with Crippen molar-refractivity contribution in [3.63, 3.8) is 0 Å². The van der Waals surface area contributed by atoms with Crippen LogP contribution in [0.25, 0.3) is 11.0 Å². The minimum atomic E-state index is -0.886. The summed E-state index contributed by atoms with van der Waals surface area (Å²) >= 11 is 0. The van der Waals surface area contributed by atoms with Crippen LogP contribution in [-0.4, -0.2) is 46.2 Å². The predicted octanol–water partition coefficient (Wildman–Crippen LogP) is 2.61. The summed E-state index contributed by atoms with van der Waals surface area (Å²) < 4.78 is 19.9. The lowest BCUT2D eigenvalue weighted by Gasteiger charge is -2.15. The molecule has 0 saturated heterocycles. The number of hydrogen-bond donors (Lipinski definition) is 1. The van der Waals surface area contributed by atoms with Gasteiger partial charge >= 0.3 is 5.97 Å². The van der Waals surface area contributed by atoms with E-state index in [1.165, 1.54) is 23.7 Å². The SMILES string of the molecule is CCOC(=O)c1c(O)c2ncc(Cc3ccc(F)cc3CN(C)C)cc2n(C)c1=O. The van der Waals surface area contributed by atoms with Crippen LogP contribution in [0.4, 0.5) is 4.39 Å². The van der Waals surface area contributed by atoms with E-state index >= 15 is 0 Å². The second kappa shape index (κ2) is 8.62. The summed E-state index contributed by atoms with van der Waals surface area (Å²) in [4.78, 5) is 31.0. The van der Waals surface area contributed by atoms with Gasteiger partial charge in [0, 0.05) is 19.8 Å². The highest BCUT2D eigenvalue weighted by Crippen LogP contribution is 2.26. The molecule has 0 saturated carbocycles. The Bertz CT molecular complexity index is 1170. The highest BCUT2D eigenvalue weighted by atomic mass is 19.1. The molecule has 30 heavy (non-hydrogen) atoms. The van der Waals surface area contributed by atoms with Gasteiger partial charge in [0.15, 0.2) is 11.3 Å². The van der Waals surface area contributed by atoms with Crippen LogP contribution < -0.4 is 5.56 Å². The van der Waals surface area contributed by atoms with Crippen LogP contribution in [0.15, 0.2) is 35.3 Å². The molecule has 158 valence electrons. The number of nitrogens with zero attached hydrogens (tertiary/aromatic N) is 3. The summed E-state index contributed by atoms with van der Waals surface area (Å²) in [5.41, 5.74) is 2.01. The molecular weight excluding hydrogens is 389 g/mol. The van der Waals surface area contributed by atoms with Crippen LogP contribution in [0.3, 0.4) is 0 Å². The number of aryl methyl sites for hydroxylation is 1. The van der Waals surface area contributed by atoms with E-state index in [-0.39, 0.29) is 17.9 Å². The number of ether oxygens (including phenoxy) is 1. The summed E-state index contributed by atoms with van der Waals surface area (Å²) in [6.45, 7) is 2.28. The molecule has 0 radical (unpaired) electrons. The Kier molecular flexibility index (Phi) is 6.17. The molecule has 1 aromatic carbocycles.